The second-order valence-electron chi connectivity index (χ2n) is 6.98. The number of fused-ring (bicyclic) bond motifs is 2. The Morgan fingerprint density at radius 2 is 1.28 bits per heavy atom. The zero-order chi connectivity index (χ0) is 26.8. The molecule has 2 aromatic carbocycles. The Kier molecular flexibility index (Phi) is 7.92. The monoisotopic (exact) mass is 571 g/mol. The number of carbonyl (C=O) groups excluding carboxylic acids is 4. The lowest BCUT2D eigenvalue weighted by Crippen LogP contribution is -2.24. The predicted octanol–water partition coefficient (Wildman–Crippen LogP) is 0.385. The summed E-state index contributed by atoms with van der Waals surface area (Å²) in [5.74, 6) is -2.04. The van der Waals surface area contributed by atoms with Crippen molar-refractivity contribution in [3.8, 4) is 0 Å². The van der Waals surface area contributed by atoms with E-state index in [-0.39, 0.29) is 32.4 Å². The fourth-order valence-electron chi connectivity index (χ4n) is 2.91. The van der Waals surface area contributed by atoms with E-state index >= 15 is 0 Å². The lowest BCUT2D eigenvalue weighted by Gasteiger charge is -2.14. The maximum atomic E-state index is 11.8. The number of carbonyl (C=O) groups is 4. The summed E-state index contributed by atoms with van der Waals surface area (Å²) >= 11 is 2.25. The lowest BCUT2D eigenvalue weighted by molar-refractivity contribution is -0.110. The van der Waals surface area contributed by atoms with Crippen molar-refractivity contribution >= 4 is 71.3 Å². The molecule has 12 nitrogen and oxygen atoms in total. The zero-order valence-corrected chi connectivity index (χ0v) is 21.6. The molecular formula is C20H17N3O9S4. The molecule has 36 heavy (non-hydrogen) atoms. The van der Waals surface area contributed by atoms with E-state index in [1.54, 1.807) is 0 Å². The molecule has 4 N–H and O–H groups in total. The second-order valence-corrected chi connectivity index (χ2v) is 12.8. The van der Waals surface area contributed by atoms with Gasteiger partial charge in [0.25, 0.3) is 16.1 Å². The van der Waals surface area contributed by atoms with E-state index < -0.39 is 47.7 Å². The highest BCUT2D eigenvalue weighted by Crippen LogP contribution is 2.35. The number of nitrogens with two attached hydrogens (primary N) is 2. The molecule has 0 radical (unpaired) electrons. The van der Waals surface area contributed by atoms with Gasteiger partial charge < -0.3 is 16.2 Å². The first-order valence-electron chi connectivity index (χ1n) is 9.61. The molecule has 0 bridgehead atoms. The number of amides is 1. The van der Waals surface area contributed by atoms with E-state index in [1.165, 1.54) is 37.4 Å². The first-order chi connectivity index (χ1) is 16.8. The van der Waals surface area contributed by atoms with Gasteiger partial charge in [-0.1, -0.05) is 0 Å². The van der Waals surface area contributed by atoms with E-state index in [1.807, 2.05) is 0 Å². The number of hydrogen-bond donors (Lipinski definition) is 2. The molecule has 4 rings (SSSR count). The van der Waals surface area contributed by atoms with Crippen LogP contribution in [0, 0.1) is 0 Å². The molecule has 0 unspecified atom stereocenters. The minimum absolute atomic E-state index is 0.00558. The van der Waals surface area contributed by atoms with Gasteiger partial charge in [0, 0.05) is 15.4 Å². The average Bonchev–Trinajstić information content (AvgIpc) is 2.83. The SMILES string of the molecule is COC(=O)c1ccc2c(c1)S(=O)(=O)C(=O)CS2.NC(N)=NC(=O)c1ccc2c(c1)S(=O)(=O)C(=O)CS2. The molecule has 0 saturated heterocycles. The molecule has 0 saturated carbocycles. The van der Waals surface area contributed by atoms with Gasteiger partial charge in [-0.2, -0.15) is 4.99 Å². The molecule has 0 spiro atoms. The summed E-state index contributed by atoms with van der Waals surface area (Å²) in [6.07, 6.45) is 0. The molecule has 2 aliphatic heterocycles. The molecule has 0 aromatic heterocycles. The van der Waals surface area contributed by atoms with E-state index in [9.17, 15) is 36.0 Å². The predicted molar refractivity (Wildman–Crippen MR) is 130 cm³/mol. The fourth-order valence-corrected chi connectivity index (χ4v) is 8.51. The summed E-state index contributed by atoms with van der Waals surface area (Å²) in [4.78, 5) is 49.5. The Bertz CT molecular complexity index is 1540. The van der Waals surface area contributed by atoms with Gasteiger partial charge in [-0.05, 0) is 36.4 Å². The summed E-state index contributed by atoms with van der Waals surface area (Å²) in [5, 5.41) is -1.71. The van der Waals surface area contributed by atoms with E-state index in [4.69, 9.17) is 11.5 Å². The Hall–Kier alpha value is -3.21. The highest BCUT2D eigenvalue weighted by Gasteiger charge is 2.34. The van der Waals surface area contributed by atoms with Crippen LogP contribution < -0.4 is 11.5 Å². The number of guanidine groups is 1. The summed E-state index contributed by atoms with van der Waals surface area (Å²) in [5.41, 5.74) is 10.3. The van der Waals surface area contributed by atoms with Crippen molar-refractivity contribution in [1.82, 2.24) is 0 Å². The van der Waals surface area contributed by atoms with Crippen LogP contribution in [0.15, 0.2) is 61.0 Å². The lowest BCUT2D eigenvalue weighted by atomic mass is 10.2. The van der Waals surface area contributed by atoms with Gasteiger partial charge in [0.2, 0.25) is 19.7 Å². The highest BCUT2D eigenvalue weighted by molar-refractivity contribution is 8.12. The second kappa shape index (κ2) is 10.4. The first-order valence-corrected chi connectivity index (χ1v) is 14.5. The van der Waals surface area contributed by atoms with Crippen LogP contribution in [0.4, 0.5) is 0 Å². The van der Waals surface area contributed by atoms with E-state index in [0.717, 1.165) is 29.6 Å². The third-order valence-corrected chi connectivity index (χ3v) is 10.7. The van der Waals surface area contributed by atoms with E-state index in [2.05, 4.69) is 9.73 Å². The highest BCUT2D eigenvalue weighted by atomic mass is 32.2. The molecule has 2 aliphatic rings. The number of sulfone groups is 2. The number of aliphatic imine (C=N–C) groups is 1. The fraction of sp³-hybridized carbons (Fsp3) is 0.150. The van der Waals surface area contributed by atoms with Gasteiger partial charge in [0.05, 0.1) is 34.0 Å². The van der Waals surface area contributed by atoms with Crippen LogP contribution in [-0.4, -0.2) is 63.5 Å². The van der Waals surface area contributed by atoms with Crippen LogP contribution in [0.5, 0.6) is 0 Å². The maximum Gasteiger partial charge on any atom is 0.337 e. The van der Waals surface area contributed by atoms with Gasteiger partial charge in [-0.3, -0.25) is 14.4 Å². The van der Waals surface area contributed by atoms with Crippen LogP contribution in [-0.2, 0) is 34.0 Å². The summed E-state index contributed by atoms with van der Waals surface area (Å²) in [6.45, 7) is 0. The normalized spacial score (nSPS) is 16.9. The zero-order valence-electron chi connectivity index (χ0n) is 18.3. The van der Waals surface area contributed by atoms with E-state index in [0.29, 0.717) is 9.79 Å². The number of esters is 1. The van der Waals surface area contributed by atoms with Gasteiger partial charge in [0.1, 0.15) is 0 Å². The summed E-state index contributed by atoms with van der Waals surface area (Å²) in [6, 6.07) is 8.15. The number of nitrogens with zero attached hydrogens (tertiary/aromatic N) is 1. The molecule has 0 atom stereocenters. The largest absolute Gasteiger partial charge is 0.465 e. The third-order valence-electron chi connectivity index (χ3n) is 4.66. The number of benzene rings is 2. The molecule has 1 amide bonds. The Balaban J connectivity index is 0.000000202. The van der Waals surface area contributed by atoms with Gasteiger partial charge in [-0.15, -0.1) is 23.5 Å². The molecule has 190 valence electrons. The number of hydrogen-bond acceptors (Lipinski definition) is 11. The van der Waals surface area contributed by atoms with Crippen LogP contribution in [0.3, 0.4) is 0 Å². The quantitative estimate of drug-likeness (QED) is 0.284. The van der Waals surface area contributed by atoms with Crippen LogP contribution in [0.1, 0.15) is 20.7 Å². The van der Waals surface area contributed by atoms with Gasteiger partial charge in [0.15, 0.2) is 5.96 Å². The van der Waals surface area contributed by atoms with Crippen LogP contribution >= 0.6 is 23.5 Å². The topological polar surface area (TPSA) is 210 Å². The molecule has 16 heteroatoms. The minimum Gasteiger partial charge on any atom is -0.465 e. The molecular weight excluding hydrogens is 555 g/mol. The van der Waals surface area contributed by atoms with Gasteiger partial charge in [-0.25, -0.2) is 21.6 Å². The molecule has 0 aliphatic carbocycles. The number of methoxy groups -OCH3 is 1. The smallest absolute Gasteiger partial charge is 0.337 e. The van der Waals surface area contributed by atoms with Crippen molar-refractivity contribution in [1.29, 1.82) is 0 Å². The Labute approximate surface area is 213 Å². The molecule has 2 aromatic rings. The van der Waals surface area contributed by atoms with Crippen molar-refractivity contribution in [2.75, 3.05) is 18.6 Å². The Morgan fingerprint density at radius 3 is 1.72 bits per heavy atom. The average molecular weight is 572 g/mol. The van der Waals surface area contributed by atoms with Crippen molar-refractivity contribution in [3.05, 3.63) is 47.5 Å². The van der Waals surface area contributed by atoms with Crippen LogP contribution in [0.2, 0.25) is 0 Å². The van der Waals surface area contributed by atoms with Crippen molar-refractivity contribution in [3.63, 3.8) is 0 Å². The standard InChI is InChI=1S/C10H9N3O4S2.C10H8O5S2/c11-10(12)13-9(15)5-1-2-6-7(3-5)19(16,17)8(14)4-18-6;1-15-10(12)6-2-3-7-8(4-6)17(13,14)9(11)5-16-7/h1-3H,4H2,(H4,11,12,13,15);2-4H,5H2,1H3. The maximum absolute atomic E-state index is 11.8. The number of thioether (sulfide) groups is 2. The Morgan fingerprint density at radius 1 is 0.833 bits per heavy atom. The number of rotatable bonds is 2. The summed E-state index contributed by atoms with van der Waals surface area (Å²) < 4.78 is 51.7. The van der Waals surface area contributed by atoms with Crippen molar-refractivity contribution < 1.29 is 40.8 Å². The van der Waals surface area contributed by atoms with Crippen molar-refractivity contribution in [2.45, 2.75) is 19.6 Å². The minimum atomic E-state index is -4.03. The van der Waals surface area contributed by atoms with Crippen LogP contribution in [0.25, 0.3) is 0 Å². The molecule has 2 heterocycles. The number of ether oxygens (including phenoxy) is 1. The van der Waals surface area contributed by atoms with Crippen molar-refractivity contribution in [2.24, 2.45) is 16.5 Å². The first kappa shape index (κ1) is 27.4. The van der Waals surface area contributed by atoms with Gasteiger partial charge >= 0.3 is 5.97 Å². The molecule has 0 fully saturated rings. The third kappa shape index (κ3) is 5.45. The summed E-state index contributed by atoms with van der Waals surface area (Å²) in [7, 11) is -6.78.